The van der Waals surface area contributed by atoms with E-state index in [2.05, 4.69) is 26.8 Å². The van der Waals surface area contributed by atoms with Crippen LogP contribution in [-0.4, -0.2) is 56.4 Å². The number of hydrogen-bond acceptors (Lipinski definition) is 7. The minimum atomic E-state index is -1.56. The maximum absolute atomic E-state index is 8.90. The highest BCUT2D eigenvalue weighted by atomic mass is 31.2. The van der Waals surface area contributed by atoms with E-state index in [4.69, 9.17) is 33.0 Å². The Balaban J connectivity index is 1.41. The van der Waals surface area contributed by atoms with E-state index in [0.29, 0.717) is 30.8 Å². The molecule has 0 radical (unpaired) electrons. The Morgan fingerprint density at radius 3 is 2.24 bits per heavy atom. The molecule has 0 bridgehead atoms. The molecule has 0 amide bonds. The van der Waals surface area contributed by atoms with E-state index in [1.165, 1.54) is 0 Å². The fraction of sp³-hybridized carbons (Fsp3) is 0.952. The lowest BCUT2D eigenvalue weighted by atomic mass is 9.94. The topological polar surface area (TPSA) is 79.2 Å². The van der Waals surface area contributed by atoms with Crippen LogP contribution in [0.1, 0.15) is 52.9 Å². The van der Waals surface area contributed by atoms with Gasteiger partial charge in [0.2, 0.25) is 0 Å². The predicted octanol–water partition coefficient (Wildman–Crippen LogP) is 3.96. The zero-order valence-corrected chi connectivity index (χ0v) is 18.8. The number of hydrogen-bond donors (Lipinski definition) is 0. The van der Waals surface area contributed by atoms with E-state index in [1.54, 1.807) is 7.11 Å². The van der Waals surface area contributed by atoms with Crippen molar-refractivity contribution in [3.05, 3.63) is 0 Å². The van der Waals surface area contributed by atoms with Crippen LogP contribution in [0.2, 0.25) is 0 Å². The summed E-state index contributed by atoms with van der Waals surface area (Å²) in [5.41, 5.74) is 0. The van der Waals surface area contributed by atoms with Crippen molar-refractivity contribution >= 4 is 8.60 Å². The van der Waals surface area contributed by atoms with Gasteiger partial charge in [0, 0.05) is 19.4 Å². The second-order valence-electron chi connectivity index (χ2n) is 9.10. The van der Waals surface area contributed by atoms with Crippen LogP contribution in [-0.2, 0) is 27.8 Å². The van der Waals surface area contributed by atoms with Crippen LogP contribution < -0.4 is 0 Å². The molecule has 4 aliphatic rings. The van der Waals surface area contributed by atoms with Crippen molar-refractivity contribution in [2.45, 2.75) is 95.6 Å². The van der Waals surface area contributed by atoms with Gasteiger partial charge in [0.25, 0.3) is 0 Å². The van der Waals surface area contributed by atoms with Crippen molar-refractivity contribution in [1.29, 1.82) is 5.26 Å². The molecule has 7 nitrogen and oxygen atoms in total. The Bertz CT molecular complexity index is 602. The molecule has 11 atom stereocenters. The molecule has 29 heavy (non-hydrogen) atoms. The van der Waals surface area contributed by atoms with Crippen LogP contribution in [0.3, 0.4) is 0 Å². The average Bonchev–Trinajstić information content (AvgIpc) is 3.39. The Morgan fingerprint density at radius 2 is 1.55 bits per heavy atom. The smallest absolute Gasteiger partial charge is 0.333 e. The first kappa shape index (κ1) is 21.9. The largest absolute Gasteiger partial charge is 0.379 e. The highest BCUT2D eigenvalue weighted by molar-refractivity contribution is 7.41. The molecular weight excluding hydrogens is 393 g/mol. The molecule has 0 aromatic heterocycles. The van der Waals surface area contributed by atoms with Crippen molar-refractivity contribution in [3.63, 3.8) is 0 Å². The zero-order valence-electron chi connectivity index (χ0n) is 17.9. The highest BCUT2D eigenvalue weighted by Gasteiger charge is 2.52. The molecule has 2 aliphatic carbocycles. The summed E-state index contributed by atoms with van der Waals surface area (Å²) in [7, 11) is 0.179. The molecule has 4 fully saturated rings. The summed E-state index contributed by atoms with van der Waals surface area (Å²) in [6.07, 6.45) is 4.82. The fourth-order valence-electron chi connectivity index (χ4n) is 5.67. The number of methoxy groups -OCH3 is 1. The summed E-state index contributed by atoms with van der Waals surface area (Å²) in [4.78, 5) is 0. The number of rotatable bonds is 8. The van der Waals surface area contributed by atoms with Gasteiger partial charge in [-0.15, -0.1) is 0 Å². The van der Waals surface area contributed by atoms with Crippen LogP contribution in [0.15, 0.2) is 0 Å². The van der Waals surface area contributed by atoms with Crippen molar-refractivity contribution in [3.8, 4) is 6.07 Å². The Labute approximate surface area is 175 Å². The van der Waals surface area contributed by atoms with E-state index in [-0.39, 0.29) is 42.7 Å². The van der Waals surface area contributed by atoms with Gasteiger partial charge in [0.1, 0.15) is 0 Å². The van der Waals surface area contributed by atoms with E-state index >= 15 is 0 Å². The number of nitrogens with zero attached hydrogens (tertiary/aromatic N) is 1. The second-order valence-corrected chi connectivity index (χ2v) is 10.2. The van der Waals surface area contributed by atoms with Gasteiger partial charge in [-0.2, -0.15) is 5.26 Å². The molecular formula is C21H34NO6P. The lowest BCUT2D eigenvalue weighted by Gasteiger charge is -2.27. The lowest BCUT2D eigenvalue weighted by Crippen LogP contribution is -2.27. The van der Waals surface area contributed by atoms with E-state index in [0.717, 1.165) is 25.7 Å². The molecule has 4 rings (SSSR count). The van der Waals surface area contributed by atoms with Gasteiger partial charge >= 0.3 is 8.60 Å². The van der Waals surface area contributed by atoms with Crippen LogP contribution in [0.25, 0.3) is 0 Å². The third-order valence-corrected chi connectivity index (χ3v) is 8.28. The van der Waals surface area contributed by atoms with E-state index in [9.17, 15) is 0 Å². The molecule has 2 heterocycles. The third kappa shape index (κ3) is 4.65. The fourth-order valence-corrected chi connectivity index (χ4v) is 6.97. The Morgan fingerprint density at radius 1 is 0.897 bits per heavy atom. The van der Waals surface area contributed by atoms with Gasteiger partial charge in [-0.1, -0.05) is 6.92 Å². The number of ether oxygens (including phenoxy) is 3. The summed E-state index contributed by atoms with van der Waals surface area (Å²) >= 11 is 0. The average molecular weight is 427 g/mol. The molecule has 0 N–H and O–H groups in total. The second kappa shape index (κ2) is 9.44. The van der Waals surface area contributed by atoms with Crippen molar-refractivity contribution < 1.29 is 27.8 Å². The first-order valence-corrected chi connectivity index (χ1v) is 12.1. The first-order chi connectivity index (χ1) is 14.0. The Hall–Kier alpha value is -0.320. The van der Waals surface area contributed by atoms with Crippen molar-refractivity contribution in [2.75, 3.05) is 13.7 Å². The highest BCUT2D eigenvalue weighted by Crippen LogP contribution is 2.54. The number of nitriles is 1. The van der Waals surface area contributed by atoms with Crippen molar-refractivity contribution in [1.82, 2.24) is 0 Å². The molecule has 1 unspecified atom stereocenters. The summed E-state index contributed by atoms with van der Waals surface area (Å²) < 4.78 is 36.6. The Kier molecular flexibility index (Phi) is 7.13. The number of fused-ring (bicyclic) bond motifs is 2. The first-order valence-electron chi connectivity index (χ1n) is 11.0. The molecule has 164 valence electrons. The van der Waals surface area contributed by atoms with Gasteiger partial charge in [-0.05, 0) is 44.9 Å². The monoisotopic (exact) mass is 427 g/mol. The maximum Gasteiger partial charge on any atom is 0.333 e. The minimum Gasteiger partial charge on any atom is -0.379 e. The molecule has 2 saturated carbocycles. The van der Waals surface area contributed by atoms with Gasteiger partial charge in [-0.3, -0.25) is 0 Å². The quantitative estimate of drug-likeness (QED) is 0.428. The van der Waals surface area contributed by atoms with Gasteiger partial charge in [-0.25, -0.2) is 0 Å². The molecule has 0 aromatic carbocycles. The zero-order chi connectivity index (χ0) is 20.5. The maximum atomic E-state index is 8.90. The summed E-state index contributed by atoms with van der Waals surface area (Å²) in [5.74, 6) is 1.41. The standard InChI is InChI=1S/C21H34NO6P/c1-12-8-19(20-15(12)9-13(2)25-20)28-29(24-7-5-6-22)27-17-11-18(23-4)21-16(17)10-14(3)26-21/h12-21H,5,7-11H2,1-4H3/t12-,13-,14-,15+,16+,17-,18-,19-,20+,21+,29?/m1/s1. The van der Waals surface area contributed by atoms with Crippen molar-refractivity contribution in [2.24, 2.45) is 17.8 Å². The molecule has 2 aliphatic heterocycles. The normalized spacial score (nSPS) is 47.1. The van der Waals surface area contributed by atoms with E-state index < -0.39 is 8.60 Å². The molecule has 8 heteroatoms. The SMILES string of the molecule is CO[C@@H]1C[C@@H](OP(OCCC#N)O[C@@H]2C[C@@H](C)[C@@H]3C[C@@H](C)O[C@@H]32)[C@@H]2C[C@@H](C)O[C@@H]21. The molecule has 2 saturated heterocycles. The third-order valence-electron chi connectivity index (χ3n) is 7.00. The minimum absolute atomic E-state index is 0.0117. The van der Waals surface area contributed by atoms with Crippen LogP contribution in [0, 0.1) is 29.1 Å². The summed E-state index contributed by atoms with van der Waals surface area (Å²) in [5, 5.41) is 8.90. The lowest BCUT2D eigenvalue weighted by molar-refractivity contribution is -0.0406. The van der Waals surface area contributed by atoms with Crippen LogP contribution in [0.4, 0.5) is 0 Å². The van der Waals surface area contributed by atoms with Gasteiger partial charge in [0.15, 0.2) is 0 Å². The van der Waals surface area contributed by atoms with E-state index in [1.807, 2.05) is 0 Å². The predicted molar refractivity (Wildman–Crippen MR) is 107 cm³/mol. The van der Waals surface area contributed by atoms with Crippen LogP contribution in [0.5, 0.6) is 0 Å². The molecule has 0 spiro atoms. The van der Waals surface area contributed by atoms with Gasteiger partial charge in [0.05, 0.1) is 61.8 Å². The van der Waals surface area contributed by atoms with Crippen LogP contribution >= 0.6 is 8.60 Å². The van der Waals surface area contributed by atoms with Gasteiger partial charge < -0.3 is 27.8 Å². The summed E-state index contributed by atoms with van der Waals surface area (Å²) in [6.45, 7) is 6.83. The summed E-state index contributed by atoms with van der Waals surface area (Å²) in [6, 6.07) is 2.13. The molecule has 0 aromatic rings.